The number of esters is 1. The van der Waals surface area contributed by atoms with Crippen molar-refractivity contribution >= 4 is 16.9 Å². The quantitative estimate of drug-likeness (QED) is 0.691. The van der Waals surface area contributed by atoms with E-state index in [1.807, 2.05) is 30.3 Å². The average molecular weight is 351 g/mol. The minimum Gasteiger partial charge on any atom is -0.465 e. The molecule has 0 saturated heterocycles. The first-order valence-electron chi connectivity index (χ1n) is 8.48. The second-order valence-electron chi connectivity index (χ2n) is 6.02. The Morgan fingerprint density at radius 2 is 1.85 bits per heavy atom. The lowest BCUT2D eigenvalue weighted by Crippen LogP contribution is -2.25. The molecule has 3 aromatic rings. The number of para-hydroxylation sites is 1. The summed E-state index contributed by atoms with van der Waals surface area (Å²) in [6.45, 7) is 4.08. The molecule has 0 aliphatic carbocycles. The minimum absolute atomic E-state index is 0.121. The van der Waals surface area contributed by atoms with Crippen LogP contribution in [0.25, 0.3) is 10.9 Å². The van der Waals surface area contributed by atoms with E-state index in [2.05, 4.69) is 21.8 Å². The highest BCUT2D eigenvalue weighted by Gasteiger charge is 2.10. The SMILES string of the molecule is CCN(Cc1ccc(C(=O)OC)cc1)Cc1nc2ccccc2c(=O)[nH]1. The minimum atomic E-state index is -0.346. The molecular weight excluding hydrogens is 330 g/mol. The van der Waals surface area contributed by atoms with Gasteiger partial charge in [0.2, 0.25) is 0 Å². The van der Waals surface area contributed by atoms with Crippen LogP contribution in [0.3, 0.4) is 0 Å². The van der Waals surface area contributed by atoms with Gasteiger partial charge in [-0.3, -0.25) is 9.69 Å². The predicted molar refractivity (Wildman–Crippen MR) is 99.9 cm³/mol. The Morgan fingerprint density at radius 1 is 1.12 bits per heavy atom. The Labute approximate surface area is 151 Å². The Bertz CT molecular complexity index is 964. The summed E-state index contributed by atoms with van der Waals surface area (Å²) in [4.78, 5) is 33.3. The highest BCUT2D eigenvalue weighted by atomic mass is 16.5. The zero-order valence-electron chi connectivity index (χ0n) is 14.9. The van der Waals surface area contributed by atoms with E-state index in [1.54, 1.807) is 18.2 Å². The third kappa shape index (κ3) is 3.97. The molecule has 0 aliphatic heterocycles. The van der Waals surface area contributed by atoms with Gasteiger partial charge in [0.05, 0.1) is 30.1 Å². The van der Waals surface area contributed by atoms with E-state index in [-0.39, 0.29) is 11.5 Å². The first-order chi connectivity index (χ1) is 12.6. The maximum absolute atomic E-state index is 12.2. The molecular formula is C20H21N3O3. The number of benzene rings is 2. The number of rotatable bonds is 6. The molecule has 0 spiro atoms. The molecule has 6 nitrogen and oxygen atoms in total. The van der Waals surface area contributed by atoms with Crippen molar-refractivity contribution in [3.63, 3.8) is 0 Å². The fourth-order valence-electron chi connectivity index (χ4n) is 2.82. The van der Waals surface area contributed by atoms with Crippen molar-refractivity contribution in [2.75, 3.05) is 13.7 Å². The van der Waals surface area contributed by atoms with Gasteiger partial charge in [0.15, 0.2) is 0 Å². The number of nitrogens with one attached hydrogen (secondary N) is 1. The maximum Gasteiger partial charge on any atom is 0.337 e. The van der Waals surface area contributed by atoms with Gasteiger partial charge in [-0.25, -0.2) is 9.78 Å². The van der Waals surface area contributed by atoms with Crippen LogP contribution in [-0.4, -0.2) is 34.5 Å². The van der Waals surface area contributed by atoms with Crippen molar-refractivity contribution in [3.8, 4) is 0 Å². The number of nitrogens with zero attached hydrogens (tertiary/aromatic N) is 2. The second kappa shape index (κ2) is 7.93. The van der Waals surface area contributed by atoms with Crippen molar-refractivity contribution in [1.29, 1.82) is 0 Å². The molecule has 1 heterocycles. The van der Waals surface area contributed by atoms with E-state index in [0.717, 1.165) is 12.1 Å². The van der Waals surface area contributed by atoms with Crippen LogP contribution in [0.5, 0.6) is 0 Å². The van der Waals surface area contributed by atoms with Gasteiger partial charge in [-0.15, -0.1) is 0 Å². The Morgan fingerprint density at radius 3 is 2.54 bits per heavy atom. The average Bonchev–Trinajstić information content (AvgIpc) is 2.67. The predicted octanol–water partition coefficient (Wildman–Crippen LogP) is 2.73. The zero-order valence-corrected chi connectivity index (χ0v) is 14.9. The van der Waals surface area contributed by atoms with Gasteiger partial charge >= 0.3 is 5.97 Å². The highest BCUT2D eigenvalue weighted by molar-refractivity contribution is 5.89. The molecule has 0 radical (unpaired) electrons. The van der Waals surface area contributed by atoms with Crippen LogP contribution >= 0.6 is 0 Å². The van der Waals surface area contributed by atoms with Gasteiger partial charge in [-0.05, 0) is 36.4 Å². The van der Waals surface area contributed by atoms with Crippen LogP contribution in [0.2, 0.25) is 0 Å². The van der Waals surface area contributed by atoms with Crippen molar-refractivity contribution in [3.05, 3.63) is 75.8 Å². The van der Waals surface area contributed by atoms with Crippen molar-refractivity contribution < 1.29 is 9.53 Å². The summed E-state index contributed by atoms with van der Waals surface area (Å²) >= 11 is 0. The number of hydrogen-bond donors (Lipinski definition) is 1. The summed E-state index contributed by atoms with van der Waals surface area (Å²) in [7, 11) is 1.37. The lowest BCUT2D eigenvalue weighted by Gasteiger charge is -2.20. The van der Waals surface area contributed by atoms with Gasteiger partial charge in [-0.1, -0.05) is 31.2 Å². The summed E-state index contributed by atoms with van der Waals surface area (Å²) < 4.78 is 4.71. The molecule has 1 N–H and O–H groups in total. The fourth-order valence-corrected chi connectivity index (χ4v) is 2.82. The molecule has 0 unspecified atom stereocenters. The third-order valence-electron chi connectivity index (χ3n) is 4.26. The molecule has 2 aromatic carbocycles. The summed E-state index contributed by atoms with van der Waals surface area (Å²) in [5, 5.41) is 0.595. The molecule has 0 atom stereocenters. The summed E-state index contributed by atoms with van der Waals surface area (Å²) in [6, 6.07) is 14.6. The van der Waals surface area contributed by atoms with Gasteiger partial charge in [0.1, 0.15) is 5.82 Å². The van der Waals surface area contributed by atoms with E-state index < -0.39 is 0 Å². The van der Waals surface area contributed by atoms with Crippen molar-refractivity contribution in [1.82, 2.24) is 14.9 Å². The van der Waals surface area contributed by atoms with Gasteiger partial charge in [0, 0.05) is 6.54 Å². The van der Waals surface area contributed by atoms with Crippen LogP contribution in [-0.2, 0) is 17.8 Å². The summed E-state index contributed by atoms with van der Waals surface area (Å²) in [5.74, 6) is 0.295. The number of fused-ring (bicyclic) bond motifs is 1. The smallest absolute Gasteiger partial charge is 0.337 e. The van der Waals surface area contributed by atoms with E-state index in [0.29, 0.717) is 35.4 Å². The molecule has 3 rings (SSSR count). The second-order valence-corrected chi connectivity index (χ2v) is 6.02. The normalized spacial score (nSPS) is 11.0. The van der Waals surface area contributed by atoms with Crippen LogP contribution in [0.4, 0.5) is 0 Å². The number of carbonyl (C=O) groups excluding carboxylic acids is 1. The van der Waals surface area contributed by atoms with E-state index in [4.69, 9.17) is 4.74 Å². The molecule has 26 heavy (non-hydrogen) atoms. The molecule has 6 heteroatoms. The molecule has 134 valence electrons. The van der Waals surface area contributed by atoms with Crippen LogP contribution in [0.15, 0.2) is 53.3 Å². The van der Waals surface area contributed by atoms with E-state index >= 15 is 0 Å². The number of ether oxygens (including phenoxy) is 1. The Hall–Kier alpha value is -2.99. The van der Waals surface area contributed by atoms with Crippen LogP contribution < -0.4 is 5.56 Å². The fraction of sp³-hybridized carbons (Fsp3) is 0.250. The first-order valence-corrected chi connectivity index (χ1v) is 8.48. The monoisotopic (exact) mass is 351 g/mol. The van der Waals surface area contributed by atoms with Gasteiger partial charge in [-0.2, -0.15) is 0 Å². The van der Waals surface area contributed by atoms with Gasteiger partial charge in [0.25, 0.3) is 5.56 Å². The molecule has 0 amide bonds. The van der Waals surface area contributed by atoms with Gasteiger partial charge < -0.3 is 9.72 Å². The lowest BCUT2D eigenvalue weighted by atomic mass is 10.1. The van der Waals surface area contributed by atoms with Crippen LogP contribution in [0.1, 0.15) is 28.7 Å². The molecule has 1 aromatic heterocycles. The number of carbonyl (C=O) groups is 1. The largest absolute Gasteiger partial charge is 0.465 e. The number of methoxy groups -OCH3 is 1. The Kier molecular flexibility index (Phi) is 5.43. The third-order valence-corrected chi connectivity index (χ3v) is 4.26. The number of H-pyrrole nitrogens is 1. The molecule has 0 bridgehead atoms. The maximum atomic E-state index is 12.2. The number of hydrogen-bond acceptors (Lipinski definition) is 5. The first kappa shape index (κ1) is 17.8. The topological polar surface area (TPSA) is 75.3 Å². The van der Waals surface area contributed by atoms with E-state index in [9.17, 15) is 9.59 Å². The molecule has 0 fully saturated rings. The Balaban J connectivity index is 1.75. The van der Waals surface area contributed by atoms with Crippen LogP contribution in [0, 0.1) is 0 Å². The standard InChI is InChI=1S/C20H21N3O3/c1-3-23(12-14-8-10-15(11-9-14)20(25)26-2)13-18-21-17-7-5-4-6-16(17)19(24)22-18/h4-11H,3,12-13H2,1-2H3,(H,21,22,24). The van der Waals surface area contributed by atoms with Crippen molar-refractivity contribution in [2.24, 2.45) is 0 Å². The summed E-state index contributed by atoms with van der Waals surface area (Å²) in [6.07, 6.45) is 0. The van der Waals surface area contributed by atoms with Crippen molar-refractivity contribution in [2.45, 2.75) is 20.0 Å². The van der Waals surface area contributed by atoms with E-state index in [1.165, 1.54) is 7.11 Å². The highest BCUT2D eigenvalue weighted by Crippen LogP contribution is 2.11. The molecule has 0 saturated carbocycles. The summed E-state index contributed by atoms with van der Waals surface area (Å²) in [5.41, 5.74) is 2.18. The zero-order chi connectivity index (χ0) is 18.5. The lowest BCUT2D eigenvalue weighted by molar-refractivity contribution is 0.0600. The molecule has 0 aliphatic rings. The number of aromatic amines is 1. The number of aromatic nitrogens is 2.